The Hall–Kier alpha value is -1.89. The second-order valence-corrected chi connectivity index (χ2v) is 4.00. The van der Waals surface area contributed by atoms with Crippen LogP contribution in [0.1, 0.15) is 10.4 Å². The second-order valence-electron chi connectivity index (χ2n) is 4.00. The zero-order valence-electron chi connectivity index (χ0n) is 10.1. The maximum absolute atomic E-state index is 12.4. The largest absolute Gasteiger partial charge is 0.454 e. The van der Waals surface area contributed by atoms with Crippen LogP contribution < -0.4 is 15.2 Å². The van der Waals surface area contributed by atoms with Gasteiger partial charge < -0.3 is 20.1 Å². The van der Waals surface area contributed by atoms with Crippen LogP contribution in [0, 0.1) is 0 Å². The Morgan fingerprint density at radius 3 is 2.79 bits per heavy atom. The van der Waals surface area contributed by atoms with Gasteiger partial charge >= 0.3 is 0 Å². The minimum absolute atomic E-state index is 0.0810. The van der Waals surface area contributed by atoms with Gasteiger partial charge in [0, 0.05) is 18.7 Å². The highest BCUT2D eigenvalue weighted by Crippen LogP contribution is 2.32. The van der Waals surface area contributed by atoms with Gasteiger partial charge in [0.25, 0.3) is 12.3 Å². The predicted molar refractivity (Wildman–Crippen MR) is 63.5 cm³/mol. The van der Waals surface area contributed by atoms with Crippen molar-refractivity contribution < 1.29 is 23.0 Å². The lowest BCUT2D eigenvalue weighted by Gasteiger charge is -2.21. The number of hydrogen-bond donors (Lipinski definition) is 1. The monoisotopic (exact) mass is 272 g/mol. The molecule has 1 aliphatic rings. The van der Waals surface area contributed by atoms with Crippen LogP contribution in [0.3, 0.4) is 0 Å². The topological polar surface area (TPSA) is 64.8 Å². The Balaban J connectivity index is 2.16. The number of benzene rings is 1. The fourth-order valence-electron chi connectivity index (χ4n) is 1.81. The predicted octanol–water partition coefficient (Wildman–Crippen LogP) is 1.08. The van der Waals surface area contributed by atoms with Crippen molar-refractivity contribution in [1.82, 2.24) is 4.90 Å². The summed E-state index contributed by atoms with van der Waals surface area (Å²) in [5.74, 6) is 0.482. The van der Waals surface area contributed by atoms with E-state index in [1.165, 1.54) is 12.1 Å². The van der Waals surface area contributed by atoms with E-state index >= 15 is 0 Å². The molecule has 0 aliphatic carbocycles. The van der Waals surface area contributed by atoms with Gasteiger partial charge in [0.15, 0.2) is 11.5 Å². The molecule has 0 atom stereocenters. The summed E-state index contributed by atoms with van der Waals surface area (Å²) in [4.78, 5) is 13.1. The molecule has 0 spiro atoms. The Kier molecular flexibility index (Phi) is 4.16. The molecule has 104 valence electrons. The first kappa shape index (κ1) is 13.5. The Bertz CT molecular complexity index is 468. The van der Waals surface area contributed by atoms with Crippen LogP contribution in [-0.4, -0.2) is 43.7 Å². The maximum atomic E-state index is 12.4. The molecule has 0 bridgehead atoms. The van der Waals surface area contributed by atoms with Crippen molar-refractivity contribution in [3.05, 3.63) is 23.8 Å². The van der Waals surface area contributed by atoms with E-state index in [2.05, 4.69) is 0 Å². The quantitative estimate of drug-likeness (QED) is 0.871. The highest BCUT2D eigenvalue weighted by molar-refractivity contribution is 5.95. The lowest BCUT2D eigenvalue weighted by Crippen LogP contribution is -2.38. The first-order valence-corrected chi connectivity index (χ1v) is 5.79. The molecule has 0 saturated heterocycles. The number of carbonyl (C=O) groups is 1. The number of nitrogens with two attached hydrogens (primary N) is 1. The molecule has 1 aromatic rings. The molecule has 0 aromatic heterocycles. The summed E-state index contributed by atoms with van der Waals surface area (Å²) in [7, 11) is 0. The van der Waals surface area contributed by atoms with Gasteiger partial charge in [-0.15, -0.1) is 0 Å². The van der Waals surface area contributed by atoms with Crippen molar-refractivity contribution in [3.63, 3.8) is 0 Å². The standard InChI is InChI=1S/C12H14F2N2O3/c13-11(14)6-16(4-3-15)12(17)8-1-2-9-10(5-8)19-7-18-9/h1-2,5,11H,3-4,6-7,15H2. The Labute approximate surface area is 108 Å². The summed E-state index contributed by atoms with van der Waals surface area (Å²) in [6.45, 7) is -0.332. The van der Waals surface area contributed by atoms with Crippen LogP contribution in [0.4, 0.5) is 8.78 Å². The average molecular weight is 272 g/mol. The van der Waals surface area contributed by atoms with E-state index < -0.39 is 18.9 Å². The smallest absolute Gasteiger partial charge is 0.255 e. The van der Waals surface area contributed by atoms with Crippen LogP contribution >= 0.6 is 0 Å². The molecule has 19 heavy (non-hydrogen) atoms. The van der Waals surface area contributed by atoms with E-state index in [9.17, 15) is 13.6 Å². The lowest BCUT2D eigenvalue weighted by atomic mass is 10.1. The molecule has 1 amide bonds. The molecule has 7 heteroatoms. The van der Waals surface area contributed by atoms with Crippen molar-refractivity contribution in [3.8, 4) is 11.5 Å². The number of carbonyl (C=O) groups excluding carboxylic acids is 1. The van der Waals surface area contributed by atoms with Gasteiger partial charge in [-0.2, -0.15) is 0 Å². The summed E-state index contributed by atoms with van der Waals surface area (Å²) in [5.41, 5.74) is 5.60. The first-order chi connectivity index (χ1) is 9.11. The normalized spacial score (nSPS) is 12.8. The lowest BCUT2D eigenvalue weighted by molar-refractivity contribution is 0.0562. The highest BCUT2D eigenvalue weighted by atomic mass is 19.3. The van der Waals surface area contributed by atoms with Crippen LogP contribution in [0.5, 0.6) is 11.5 Å². The van der Waals surface area contributed by atoms with E-state index in [1.54, 1.807) is 6.07 Å². The molecular formula is C12H14F2N2O3. The number of halogens is 2. The summed E-state index contributed by atoms with van der Waals surface area (Å²) >= 11 is 0. The average Bonchev–Trinajstić information content (AvgIpc) is 2.84. The van der Waals surface area contributed by atoms with E-state index in [1.807, 2.05) is 0 Å². The number of nitrogens with zero attached hydrogens (tertiary/aromatic N) is 1. The summed E-state index contributed by atoms with van der Waals surface area (Å²) in [6.07, 6.45) is -2.59. The molecule has 1 heterocycles. The highest BCUT2D eigenvalue weighted by Gasteiger charge is 2.22. The molecule has 0 fully saturated rings. The van der Waals surface area contributed by atoms with Crippen LogP contribution in [0.15, 0.2) is 18.2 Å². The SMILES string of the molecule is NCCN(CC(F)F)C(=O)c1ccc2c(c1)OCO2. The van der Waals surface area contributed by atoms with Gasteiger partial charge in [0.05, 0.1) is 6.54 Å². The third-order valence-electron chi connectivity index (χ3n) is 2.66. The van der Waals surface area contributed by atoms with Gasteiger partial charge in [-0.05, 0) is 18.2 Å². The van der Waals surface area contributed by atoms with E-state index in [-0.39, 0.29) is 25.4 Å². The third kappa shape index (κ3) is 3.11. The fourth-order valence-corrected chi connectivity index (χ4v) is 1.81. The van der Waals surface area contributed by atoms with Crippen molar-refractivity contribution >= 4 is 5.91 Å². The van der Waals surface area contributed by atoms with Gasteiger partial charge in [-0.25, -0.2) is 8.78 Å². The Morgan fingerprint density at radius 2 is 2.11 bits per heavy atom. The van der Waals surface area contributed by atoms with Gasteiger partial charge in [-0.3, -0.25) is 4.79 Å². The minimum Gasteiger partial charge on any atom is -0.454 e. The van der Waals surface area contributed by atoms with Crippen LogP contribution in [0.25, 0.3) is 0 Å². The van der Waals surface area contributed by atoms with Gasteiger partial charge in [-0.1, -0.05) is 0 Å². The van der Waals surface area contributed by atoms with Crippen molar-refractivity contribution in [1.29, 1.82) is 0 Å². The van der Waals surface area contributed by atoms with E-state index in [0.29, 0.717) is 11.5 Å². The van der Waals surface area contributed by atoms with Crippen LogP contribution in [0.2, 0.25) is 0 Å². The van der Waals surface area contributed by atoms with Crippen molar-refractivity contribution in [2.45, 2.75) is 6.43 Å². The molecular weight excluding hydrogens is 258 g/mol. The van der Waals surface area contributed by atoms with E-state index in [0.717, 1.165) is 4.90 Å². The van der Waals surface area contributed by atoms with E-state index in [4.69, 9.17) is 15.2 Å². The summed E-state index contributed by atoms with van der Waals surface area (Å²) in [5, 5.41) is 0. The number of rotatable bonds is 5. The second kappa shape index (κ2) is 5.83. The first-order valence-electron chi connectivity index (χ1n) is 5.79. The molecule has 2 rings (SSSR count). The number of fused-ring (bicyclic) bond motifs is 1. The zero-order chi connectivity index (χ0) is 13.8. The molecule has 2 N–H and O–H groups in total. The molecule has 1 aromatic carbocycles. The van der Waals surface area contributed by atoms with Crippen molar-refractivity contribution in [2.75, 3.05) is 26.4 Å². The number of ether oxygens (including phenoxy) is 2. The molecule has 0 unspecified atom stereocenters. The Morgan fingerprint density at radius 1 is 1.37 bits per heavy atom. The van der Waals surface area contributed by atoms with Crippen molar-refractivity contribution in [2.24, 2.45) is 5.73 Å². The van der Waals surface area contributed by atoms with Gasteiger partial charge in [0.2, 0.25) is 6.79 Å². The third-order valence-corrected chi connectivity index (χ3v) is 2.66. The number of amides is 1. The maximum Gasteiger partial charge on any atom is 0.255 e. The van der Waals surface area contributed by atoms with Gasteiger partial charge in [0.1, 0.15) is 0 Å². The summed E-state index contributed by atoms with van der Waals surface area (Å²) in [6, 6.07) is 4.59. The molecule has 0 saturated carbocycles. The van der Waals surface area contributed by atoms with Crippen LogP contribution in [-0.2, 0) is 0 Å². The minimum atomic E-state index is -2.59. The zero-order valence-corrected chi connectivity index (χ0v) is 10.1. The molecule has 5 nitrogen and oxygen atoms in total. The molecule has 0 radical (unpaired) electrons. The number of alkyl halides is 2. The molecule has 1 aliphatic heterocycles. The summed E-state index contributed by atoms with van der Waals surface area (Å²) < 4.78 is 35.1. The number of hydrogen-bond acceptors (Lipinski definition) is 4. The fraction of sp³-hybridized carbons (Fsp3) is 0.417.